The first kappa shape index (κ1) is 9.38. The maximum atomic E-state index is 10.3. The lowest BCUT2D eigenvalue weighted by atomic mass is 10.2. The van der Waals surface area contributed by atoms with Gasteiger partial charge in [-0.2, -0.15) is 0 Å². The van der Waals surface area contributed by atoms with Gasteiger partial charge in [-0.15, -0.1) is 0 Å². The normalized spacial score (nSPS) is 11.4. The molecule has 68 valence electrons. The first-order chi connectivity index (χ1) is 6.09. The number of nitro groups is 1. The molecule has 0 aliphatic heterocycles. The number of pyridine rings is 1. The van der Waals surface area contributed by atoms with Crippen molar-refractivity contribution in [3.05, 3.63) is 45.9 Å². The third-order valence-corrected chi connectivity index (χ3v) is 1.67. The third kappa shape index (κ3) is 2.66. The highest BCUT2D eigenvalue weighted by atomic mass is 16.6. The number of aromatic nitrogens is 1. The zero-order valence-electron chi connectivity index (χ0n) is 7.60. The highest BCUT2D eigenvalue weighted by Gasteiger charge is 2.02. The largest absolute Gasteiger partial charge is 0.259 e. The Morgan fingerprint density at radius 3 is 2.54 bits per heavy atom. The molecule has 0 bridgehead atoms. The lowest BCUT2D eigenvalue weighted by molar-refractivity contribution is -0.671. The van der Waals surface area contributed by atoms with Gasteiger partial charge in [-0.25, -0.2) is 4.57 Å². The molecule has 0 saturated heterocycles. The molecule has 0 N–H and O–H groups in total. The van der Waals surface area contributed by atoms with Crippen molar-refractivity contribution in [2.24, 2.45) is 7.05 Å². The fourth-order valence-corrected chi connectivity index (χ4v) is 0.903. The highest BCUT2D eigenvalue weighted by molar-refractivity contribution is 5.48. The molecule has 4 heteroatoms. The van der Waals surface area contributed by atoms with Crippen molar-refractivity contribution in [2.45, 2.75) is 6.92 Å². The number of hydrogen-bond acceptors (Lipinski definition) is 2. The average molecular weight is 179 g/mol. The fourth-order valence-electron chi connectivity index (χ4n) is 0.903. The van der Waals surface area contributed by atoms with Crippen LogP contribution in [0.25, 0.3) is 6.08 Å². The van der Waals surface area contributed by atoms with E-state index in [4.69, 9.17) is 0 Å². The summed E-state index contributed by atoms with van der Waals surface area (Å²) in [5.41, 5.74) is 0.987. The van der Waals surface area contributed by atoms with Crippen molar-refractivity contribution < 1.29 is 9.49 Å². The minimum atomic E-state index is -0.396. The smallest absolute Gasteiger partial charge is 0.243 e. The summed E-state index contributed by atoms with van der Waals surface area (Å²) in [5, 5.41) is 10.3. The Balaban J connectivity index is 2.92. The van der Waals surface area contributed by atoms with Crippen LogP contribution in [0, 0.1) is 10.1 Å². The molecule has 13 heavy (non-hydrogen) atoms. The van der Waals surface area contributed by atoms with Gasteiger partial charge in [-0.1, -0.05) is 0 Å². The minimum absolute atomic E-state index is 0.147. The van der Waals surface area contributed by atoms with E-state index in [0.29, 0.717) is 0 Å². The Hall–Kier alpha value is -1.71. The predicted octanol–water partition coefficient (Wildman–Crippen LogP) is 1.15. The van der Waals surface area contributed by atoms with Crippen LogP contribution < -0.4 is 4.57 Å². The van der Waals surface area contributed by atoms with Crippen molar-refractivity contribution in [1.82, 2.24) is 0 Å². The molecule has 1 rings (SSSR count). The van der Waals surface area contributed by atoms with E-state index in [1.165, 1.54) is 6.92 Å². The van der Waals surface area contributed by atoms with Gasteiger partial charge in [0, 0.05) is 25.1 Å². The zero-order valence-corrected chi connectivity index (χ0v) is 7.60. The minimum Gasteiger partial charge on any atom is -0.259 e. The van der Waals surface area contributed by atoms with Crippen molar-refractivity contribution in [3.8, 4) is 0 Å². The van der Waals surface area contributed by atoms with Crippen LogP contribution in [-0.4, -0.2) is 4.92 Å². The van der Waals surface area contributed by atoms with Gasteiger partial charge in [0.1, 0.15) is 7.05 Å². The Kier molecular flexibility index (Phi) is 2.74. The Bertz CT molecular complexity index is 341. The first-order valence-corrected chi connectivity index (χ1v) is 3.87. The van der Waals surface area contributed by atoms with Crippen LogP contribution in [0.4, 0.5) is 0 Å². The molecule has 4 nitrogen and oxygen atoms in total. The van der Waals surface area contributed by atoms with E-state index >= 15 is 0 Å². The number of hydrogen-bond donors (Lipinski definition) is 0. The van der Waals surface area contributed by atoms with Crippen LogP contribution in [0.1, 0.15) is 12.5 Å². The molecular formula is C9H11N2O2+. The van der Waals surface area contributed by atoms with Gasteiger partial charge in [0.05, 0.1) is 4.92 Å². The highest BCUT2D eigenvalue weighted by Crippen LogP contribution is 2.04. The zero-order chi connectivity index (χ0) is 9.84. The topological polar surface area (TPSA) is 47.0 Å². The first-order valence-electron chi connectivity index (χ1n) is 3.87. The average Bonchev–Trinajstić information content (AvgIpc) is 2.08. The van der Waals surface area contributed by atoms with Crippen molar-refractivity contribution >= 4 is 6.08 Å². The molecule has 0 atom stereocenters. The van der Waals surface area contributed by atoms with Gasteiger partial charge in [0.2, 0.25) is 5.70 Å². The van der Waals surface area contributed by atoms with Crippen LogP contribution in [0.2, 0.25) is 0 Å². The summed E-state index contributed by atoms with van der Waals surface area (Å²) in [4.78, 5) is 9.91. The molecule has 0 amide bonds. The van der Waals surface area contributed by atoms with E-state index in [0.717, 1.165) is 5.56 Å². The van der Waals surface area contributed by atoms with E-state index in [9.17, 15) is 10.1 Å². The van der Waals surface area contributed by atoms with Gasteiger partial charge in [-0.3, -0.25) is 10.1 Å². The number of aryl methyl sites for hydroxylation is 1. The Morgan fingerprint density at radius 1 is 1.54 bits per heavy atom. The van der Waals surface area contributed by atoms with E-state index in [1.807, 2.05) is 36.1 Å². The van der Waals surface area contributed by atoms with Gasteiger partial charge >= 0.3 is 0 Å². The summed E-state index contributed by atoms with van der Waals surface area (Å²) in [6.45, 7) is 1.48. The van der Waals surface area contributed by atoms with Gasteiger partial charge < -0.3 is 0 Å². The molecule has 1 aromatic rings. The van der Waals surface area contributed by atoms with Crippen LogP contribution >= 0.6 is 0 Å². The fraction of sp³-hybridized carbons (Fsp3) is 0.222. The van der Waals surface area contributed by atoms with Crippen LogP contribution in [-0.2, 0) is 7.05 Å². The summed E-state index contributed by atoms with van der Waals surface area (Å²) in [6, 6.07) is 3.65. The van der Waals surface area contributed by atoms with Crippen LogP contribution in [0.3, 0.4) is 0 Å². The quantitative estimate of drug-likeness (QED) is 0.388. The maximum absolute atomic E-state index is 10.3. The molecule has 0 saturated carbocycles. The Morgan fingerprint density at radius 2 is 2.08 bits per heavy atom. The van der Waals surface area contributed by atoms with E-state index in [2.05, 4.69) is 0 Å². The summed E-state index contributed by atoms with van der Waals surface area (Å²) in [7, 11) is 1.90. The molecule has 1 heterocycles. The summed E-state index contributed by atoms with van der Waals surface area (Å²) in [5.74, 6) is 0. The predicted molar refractivity (Wildman–Crippen MR) is 48.3 cm³/mol. The van der Waals surface area contributed by atoms with E-state index in [-0.39, 0.29) is 5.70 Å². The molecule has 0 aliphatic rings. The molecule has 0 fully saturated rings. The lowest BCUT2D eigenvalue weighted by Gasteiger charge is -1.91. The summed E-state index contributed by atoms with van der Waals surface area (Å²) >= 11 is 0. The van der Waals surface area contributed by atoms with Crippen molar-refractivity contribution in [1.29, 1.82) is 0 Å². The Labute approximate surface area is 76.3 Å². The molecule has 0 unspecified atom stereocenters. The second kappa shape index (κ2) is 3.80. The van der Waals surface area contributed by atoms with Crippen molar-refractivity contribution in [3.63, 3.8) is 0 Å². The maximum Gasteiger partial charge on any atom is 0.243 e. The molecule has 0 aliphatic carbocycles. The SMILES string of the molecule is CC(=Cc1cc[n+](C)cc1)[N+](=O)[O-]. The van der Waals surface area contributed by atoms with Crippen LogP contribution in [0.5, 0.6) is 0 Å². The third-order valence-electron chi connectivity index (χ3n) is 1.67. The molecule has 0 aromatic carbocycles. The van der Waals surface area contributed by atoms with Gasteiger partial charge in [0.15, 0.2) is 12.4 Å². The second-order valence-corrected chi connectivity index (χ2v) is 2.84. The van der Waals surface area contributed by atoms with E-state index in [1.54, 1.807) is 6.08 Å². The molecule has 0 spiro atoms. The van der Waals surface area contributed by atoms with Gasteiger partial charge in [-0.05, 0) is 5.56 Å². The lowest BCUT2D eigenvalue weighted by Crippen LogP contribution is -2.25. The molecule has 1 aromatic heterocycles. The second-order valence-electron chi connectivity index (χ2n) is 2.84. The molecule has 0 radical (unpaired) electrons. The van der Waals surface area contributed by atoms with Gasteiger partial charge in [0.25, 0.3) is 0 Å². The monoisotopic (exact) mass is 179 g/mol. The van der Waals surface area contributed by atoms with Crippen LogP contribution in [0.15, 0.2) is 30.2 Å². The summed E-state index contributed by atoms with van der Waals surface area (Å²) in [6.07, 6.45) is 5.23. The summed E-state index contributed by atoms with van der Waals surface area (Å²) < 4.78 is 1.87. The number of rotatable bonds is 2. The van der Waals surface area contributed by atoms with E-state index < -0.39 is 4.92 Å². The number of nitrogens with zero attached hydrogens (tertiary/aromatic N) is 2. The molecular weight excluding hydrogens is 168 g/mol. The van der Waals surface area contributed by atoms with Crippen molar-refractivity contribution in [2.75, 3.05) is 0 Å². The standard InChI is InChI=1S/C9H11N2O2/c1-8(11(12)13)7-9-3-5-10(2)6-4-9/h3-7H,1-2H3/q+1. The number of allylic oxidation sites excluding steroid dienone is 1.